The van der Waals surface area contributed by atoms with Crippen LogP contribution in [0.1, 0.15) is 11.1 Å². The van der Waals surface area contributed by atoms with Crippen LogP contribution in [0.2, 0.25) is 0 Å². The molecule has 0 N–H and O–H groups in total. The van der Waals surface area contributed by atoms with Crippen LogP contribution in [0.25, 0.3) is 0 Å². The lowest BCUT2D eigenvalue weighted by atomic mass is 10.1. The van der Waals surface area contributed by atoms with Gasteiger partial charge in [-0.25, -0.2) is 0 Å². The maximum atomic E-state index is 11.0. The quantitative estimate of drug-likeness (QED) is 0.746. The minimum absolute atomic E-state index is 0.213. The minimum atomic E-state index is -0.213. The molecule has 0 heterocycles. The summed E-state index contributed by atoms with van der Waals surface area (Å²) >= 11 is 3.40. The molecule has 0 aromatic heterocycles. The van der Waals surface area contributed by atoms with E-state index in [0.717, 1.165) is 15.6 Å². The smallest absolute Gasteiger partial charge is 0.310 e. The normalized spacial score (nSPS) is 9.77. The summed E-state index contributed by atoms with van der Waals surface area (Å²) in [6.45, 7) is 1.98. The van der Waals surface area contributed by atoms with E-state index >= 15 is 0 Å². The fraction of sp³-hybridized carbons (Fsp3) is 0.300. The molecule has 0 unspecified atom stereocenters. The third kappa shape index (κ3) is 2.56. The number of hydrogen-bond donors (Lipinski definition) is 0. The van der Waals surface area contributed by atoms with E-state index in [9.17, 15) is 4.79 Å². The van der Waals surface area contributed by atoms with Crippen molar-refractivity contribution < 1.29 is 9.53 Å². The van der Waals surface area contributed by atoms with Crippen molar-refractivity contribution >= 4 is 21.9 Å². The summed E-state index contributed by atoms with van der Waals surface area (Å²) < 4.78 is 5.56. The van der Waals surface area contributed by atoms with Crippen molar-refractivity contribution in [3.63, 3.8) is 0 Å². The molecule has 0 spiro atoms. The van der Waals surface area contributed by atoms with Crippen molar-refractivity contribution in [2.24, 2.45) is 0 Å². The second-order valence-electron chi connectivity index (χ2n) is 2.79. The molecular weight excluding hydrogens is 232 g/mol. The van der Waals surface area contributed by atoms with E-state index in [0.29, 0.717) is 6.42 Å². The van der Waals surface area contributed by atoms with Crippen LogP contribution in [-0.2, 0) is 16.0 Å². The first-order valence-corrected chi connectivity index (χ1v) is 4.75. The van der Waals surface area contributed by atoms with Crippen LogP contribution in [0.5, 0.6) is 0 Å². The van der Waals surface area contributed by atoms with E-state index in [4.69, 9.17) is 0 Å². The Bertz CT molecular complexity index is 300. The van der Waals surface area contributed by atoms with E-state index in [2.05, 4.69) is 20.7 Å². The van der Waals surface area contributed by atoms with Crippen LogP contribution in [0, 0.1) is 6.92 Å². The van der Waals surface area contributed by atoms with Crippen molar-refractivity contribution in [2.75, 3.05) is 7.11 Å². The molecule has 3 heteroatoms. The highest BCUT2D eigenvalue weighted by Crippen LogP contribution is 2.20. The number of carbonyl (C=O) groups is 1. The van der Waals surface area contributed by atoms with E-state index in [-0.39, 0.29) is 5.97 Å². The number of hydrogen-bond acceptors (Lipinski definition) is 2. The third-order valence-electron chi connectivity index (χ3n) is 1.90. The molecule has 70 valence electrons. The summed E-state index contributed by atoms with van der Waals surface area (Å²) in [4.78, 5) is 11.0. The molecule has 0 fully saturated rings. The van der Waals surface area contributed by atoms with Crippen molar-refractivity contribution in [1.29, 1.82) is 0 Å². The molecule has 0 radical (unpaired) electrons. The number of methoxy groups -OCH3 is 1. The largest absolute Gasteiger partial charge is 0.469 e. The zero-order valence-corrected chi connectivity index (χ0v) is 9.22. The molecule has 0 aliphatic heterocycles. The average molecular weight is 243 g/mol. The van der Waals surface area contributed by atoms with Crippen molar-refractivity contribution in [3.8, 4) is 0 Å². The van der Waals surface area contributed by atoms with Crippen LogP contribution in [0.15, 0.2) is 22.7 Å². The Hall–Kier alpha value is -0.830. The lowest BCUT2D eigenvalue weighted by Gasteiger charge is -2.06. The van der Waals surface area contributed by atoms with E-state index in [1.165, 1.54) is 7.11 Å². The van der Waals surface area contributed by atoms with Crippen LogP contribution in [-0.4, -0.2) is 13.1 Å². The van der Waals surface area contributed by atoms with Gasteiger partial charge in [-0.15, -0.1) is 0 Å². The first kappa shape index (κ1) is 10.3. The first-order chi connectivity index (χ1) is 6.15. The lowest BCUT2D eigenvalue weighted by Crippen LogP contribution is -2.06. The minimum Gasteiger partial charge on any atom is -0.469 e. The van der Waals surface area contributed by atoms with Crippen LogP contribution in [0.3, 0.4) is 0 Å². The van der Waals surface area contributed by atoms with Gasteiger partial charge in [0.2, 0.25) is 0 Å². The topological polar surface area (TPSA) is 26.3 Å². The van der Waals surface area contributed by atoms with E-state index in [1.54, 1.807) is 0 Å². The number of carbonyl (C=O) groups excluding carboxylic acids is 1. The van der Waals surface area contributed by atoms with Crippen molar-refractivity contribution in [2.45, 2.75) is 13.3 Å². The van der Waals surface area contributed by atoms with Gasteiger partial charge in [-0.3, -0.25) is 4.79 Å². The van der Waals surface area contributed by atoms with Gasteiger partial charge in [0.05, 0.1) is 13.5 Å². The monoisotopic (exact) mass is 242 g/mol. The van der Waals surface area contributed by atoms with Gasteiger partial charge in [0.15, 0.2) is 0 Å². The van der Waals surface area contributed by atoms with E-state index in [1.807, 2.05) is 25.1 Å². The Morgan fingerprint density at radius 1 is 1.54 bits per heavy atom. The lowest BCUT2D eigenvalue weighted by molar-refractivity contribution is -0.139. The maximum absolute atomic E-state index is 11.0. The van der Waals surface area contributed by atoms with Crippen LogP contribution in [0.4, 0.5) is 0 Å². The van der Waals surface area contributed by atoms with Gasteiger partial charge < -0.3 is 4.74 Å². The predicted molar refractivity (Wildman–Crippen MR) is 54.6 cm³/mol. The fourth-order valence-corrected chi connectivity index (χ4v) is 1.71. The Morgan fingerprint density at radius 3 is 2.77 bits per heavy atom. The van der Waals surface area contributed by atoms with E-state index < -0.39 is 0 Å². The highest BCUT2D eigenvalue weighted by Gasteiger charge is 2.08. The molecule has 0 bridgehead atoms. The molecule has 0 amide bonds. The van der Waals surface area contributed by atoms with Crippen LogP contribution >= 0.6 is 15.9 Å². The molecule has 0 saturated heterocycles. The van der Waals surface area contributed by atoms with Crippen LogP contribution < -0.4 is 0 Å². The fourth-order valence-electron chi connectivity index (χ4n) is 1.11. The molecule has 1 aromatic rings. The number of aryl methyl sites for hydroxylation is 1. The zero-order valence-electron chi connectivity index (χ0n) is 7.63. The number of rotatable bonds is 2. The van der Waals surface area contributed by atoms with Gasteiger partial charge in [-0.1, -0.05) is 28.1 Å². The van der Waals surface area contributed by atoms with Gasteiger partial charge in [-0.05, 0) is 24.1 Å². The van der Waals surface area contributed by atoms with Gasteiger partial charge in [0, 0.05) is 4.47 Å². The summed E-state index contributed by atoms with van der Waals surface area (Å²) in [6, 6.07) is 5.84. The molecule has 0 atom stereocenters. The molecular formula is C10H11BrO2. The zero-order chi connectivity index (χ0) is 9.84. The maximum Gasteiger partial charge on any atom is 0.310 e. The number of benzene rings is 1. The summed E-state index contributed by atoms with van der Waals surface area (Å²) in [7, 11) is 1.40. The molecule has 1 rings (SSSR count). The Kier molecular flexibility index (Phi) is 3.48. The summed E-state index contributed by atoms with van der Waals surface area (Å²) in [5.74, 6) is -0.213. The molecule has 1 aromatic carbocycles. The third-order valence-corrected chi connectivity index (χ3v) is 2.64. The molecule has 0 aliphatic carbocycles. The molecule has 13 heavy (non-hydrogen) atoms. The van der Waals surface area contributed by atoms with Crippen molar-refractivity contribution in [3.05, 3.63) is 33.8 Å². The predicted octanol–water partition coefficient (Wildman–Crippen LogP) is 2.47. The Morgan fingerprint density at radius 2 is 2.23 bits per heavy atom. The second kappa shape index (κ2) is 4.42. The average Bonchev–Trinajstić information content (AvgIpc) is 2.11. The first-order valence-electron chi connectivity index (χ1n) is 3.96. The highest BCUT2D eigenvalue weighted by atomic mass is 79.9. The second-order valence-corrected chi connectivity index (χ2v) is 3.64. The van der Waals surface area contributed by atoms with Crippen molar-refractivity contribution in [1.82, 2.24) is 0 Å². The van der Waals surface area contributed by atoms with Gasteiger partial charge in [-0.2, -0.15) is 0 Å². The summed E-state index contributed by atoms with van der Waals surface area (Å²) in [5.41, 5.74) is 2.09. The standard InChI is InChI=1S/C10H11BrO2/c1-7-4-3-5-9(11)8(7)6-10(12)13-2/h3-5H,6H2,1-2H3. The molecule has 0 saturated carbocycles. The van der Waals surface area contributed by atoms with Gasteiger partial charge >= 0.3 is 5.97 Å². The highest BCUT2D eigenvalue weighted by molar-refractivity contribution is 9.10. The molecule has 0 aliphatic rings. The Balaban J connectivity index is 2.93. The Labute approximate surface area is 86.0 Å². The summed E-state index contributed by atoms with van der Waals surface area (Å²) in [5, 5.41) is 0. The molecule has 2 nitrogen and oxygen atoms in total. The number of halogens is 1. The number of ether oxygens (including phenoxy) is 1. The number of esters is 1. The summed E-state index contributed by atoms with van der Waals surface area (Å²) in [6.07, 6.45) is 0.323. The SMILES string of the molecule is COC(=O)Cc1c(C)cccc1Br. The van der Waals surface area contributed by atoms with Gasteiger partial charge in [0.25, 0.3) is 0 Å². The van der Waals surface area contributed by atoms with Gasteiger partial charge in [0.1, 0.15) is 0 Å².